The number of nitrogens with zero attached hydrogens (tertiary/aromatic N) is 2. The molecule has 0 fully saturated rings. The zero-order valence-corrected chi connectivity index (χ0v) is 12.6. The number of benzene rings is 1. The van der Waals surface area contributed by atoms with Crippen molar-refractivity contribution in [1.29, 1.82) is 0 Å². The average Bonchev–Trinajstić information content (AvgIpc) is 2.66. The summed E-state index contributed by atoms with van der Waals surface area (Å²) in [6, 6.07) is 5.17. The molecule has 1 aromatic carbocycles. The zero-order chi connectivity index (χ0) is 14.8. The molecule has 8 heteroatoms. The number of hydrogen-bond donors (Lipinski definition) is 0. The summed E-state index contributed by atoms with van der Waals surface area (Å²) in [6.45, 7) is 0.216. The Morgan fingerprint density at radius 2 is 2.05 bits per heavy atom. The molecule has 0 spiro atoms. The summed E-state index contributed by atoms with van der Waals surface area (Å²) in [5.41, 5.74) is -2.77. The third kappa shape index (κ3) is 3.96. The highest BCUT2D eigenvalue weighted by atomic mass is 35.5. The van der Waals surface area contributed by atoms with Crippen LogP contribution in [0.15, 0.2) is 18.2 Å². The van der Waals surface area contributed by atoms with Gasteiger partial charge in [0.15, 0.2) is 0 Å². The lowest BCUT2D eigenvalue weighted by atomic mass is 10.3. The first-order valence-electron chi connectivity index (χ1n) is 5.82. The molecule has 0 aliphatic carbocycles. The van der Waals surface area contributed by atoms with Gasteiger partial charge in [0.25, 0.3) is 0 Å². The van der Waals surface area contributed by atoms with Gasteiger partial charge in [-0.05, 0) is 30.0 Å². The number of hydrogen-bond acceptors (Lipinski definition) is 2. The molecule has 20 heavy (non-hydrogen) atoms. The fraction of sp³-hybridized carbons (Fsp3) is 0.417. The van der Waals surface area contributed by atoms with Crippen molar-refractivity contribution in [2.75, 3.05) is 11.6 Å². The van der Waals surface area contributed by atoms with Crippen LogP contribution in [0.3, 0.4) is 0 Å². The Morgan fingerprint density at radius 1 is 1.30 bits per heavy atom. The zero-order valence-electron chi connectivity index (χ0n) is 10.3. The Balaban J connectivity index is 2.28. The Morgan fingerprint density at radius 3 is 2.70 bits per heavy atom. The van der Waals surface area contributed by atoms with Crippen LogP contribution in [0.2, 0.25) is 5.02 Å². The van der Waals surface area contributed by atoms with E-state index in [1.54, 1.807) is 22.8 Å². The quantitative estimate of drug-likeness (QED) is 0.731. The molecule has 110 valence electrons. The van der Waals surface area contributed by atoms with Crippen LogP contribution in [0.5, 0.6) is 0 Å². The Labute approximate surface area is 128 Å². The molecule has 2 rings (SSSR count). The van der Waals surface area contributed by atoms with Crippen molar-refractivity contribution >= 4 is 46.0 Å². The lowest BCUT2D eigenvalue weighted by Gasteiger charge is -2.10. The van der Waals surface area contributed by atoms with Gasteiger partial charge in [-0.25, -0.2) is 4.98 Å². The number of aryl methyl sites for hydroxylation is 2. The molecular formula is C12H11Cl2F3N2S. The maximum atomic E-state index is 12.2. The number of rotatable bonds is 5. The monoisotopic (exact) mass is 342 g/mol. The van der Waals surface area contributed by atoms with Crippen molar-refractivity contribution in [2.24, 2.45) is 0 Å². The standard InChI is InChI=1S/C12H11Cl2F3N2S/c13-4-3-11-18-9-2-1-8(14)7-10(9)19(11)5-6-20-12(15,16)17/h1-2,7H,3-6H2. The van der Waals surface area contributed by atoms with Crippen LogP contribution in [0.4, 0.5) is 13.2 Å². The number of alkyl halides is 4. The van der Waals surface area contributed by atoms with Crippen LogP contribution < -0.4 is 0 Å². The van der Waals surface area contributed by atoms with Gasteiger partial charge in [-0.1, -0.05) is 11.6 Å². The number of fused-ring (bicyclic) bond motifs is 1. The molecule has 0 bridgehead atoms. The van der Waals surface area contributed by atoms with E-state index in [4.69, 9.17) is 23.2 Å². The van der Waals surface area contributed by atoms with E-state index >= 15 is 0 Å². The molecular weight excluding hydrogens is 332 g/mol. The number of thioether (sulfide) groups is 1. The van der Waals surface area contributed by atoms with E-state index in [-0.39, 0.29) is 24.1 Å². The van der Waals surface area contributed by atoms with Crippen LogP contribution in [-0.4, -0.2) is 26.7 Å². The molecule has 2 nitrogen and oxygen atoms in total. The molecule has 0 saturated heterocycles. The first-order chi connectivity index (χ1) is 9.40. The van der Waals surface area contributed by atoms with Gasteiger partial charge in [-0.3, -0.25) is 0 Å². The fourth-order valence-corrected chi connectivity index (χ4v) is 2.76. The molecule has 0 atom stereocenters. The number of aromatic nitrogens is 2. The van der Waals surface area contributed by atoms with Gasteiger partial charge in [0.2, 0.25) is 0 Å². The average molecular weight is 343 g/mol. The van der Waals surface area contributed by atoms with E-state index in [1.807, 2.05) is 0 Å². The summed E-state index contributed by atoms with van der Waals surface area (Å²) in [5.74, 6) is 0.972. The number of halogens is 5. The molecule has 0 radical (unpaired) electrons. The first-order valence-corrected chi connectivity index (χ1v) is 7.72. The highest BCUT2D eigenvalue weighted by Gasteiger charge is 2.27. The van der Waals surface area contributed by atoms with Crippen LogP contribution in [-0.2, 0) is 13.0 Å². The first kappa shape index (κ1) is 15.8. The summed E-state index contributed by atoms with van der Waals surface area (Å²) >= 11 is 11.6. The third-order valence-electron chi connectivity index (χ3n) is 2.69. The van der Waals surface area contributed by atoms with Gasteiger partial charge < -0.3 is 4.57 Å². The second-order valence-corrected chi connectivity index (χ2v) is 6.02. The largest absolute Gasteiger partial charge is 0.441 e. The van der Waals surface area contributed by atoms with Crippen LogP contribution >= 0.6 is 35.0 Å². The summed E-state index contributed by atoms with van der Waals surface area (Å²) < 4.78 is 38.4. The third-order valence-corrected chi connectivity index (χ3v) is 3.83. The van der Waals surface area contributed by atoms with Crippen molar-refractivity contribution in [1.82, 2.24) is 9.55 Å². The normalized spacial score (nSPS) is 12.2. The van der Waals surface area contributed by atoms with Crippen LogP contribution in [0.1, 0.15) is 5.82 Å². The topological polar surface area (TPSA) is 17.8 Å². The van der Waals surface area contributed by atoms with Crippen molar-refractivity contribution < 1.29 is 13.2 Å². The minimum absolute atomic E-state index is 0.0432. The summed E-state index contributed by atoms with van der Waals surface area (Å²) in [4.78, 5) is 4.39. The molecule has 1 heterocycles. The fourth-order valence-electron chi connectivity index (χ4n) is 1.92. The summed E-state index contributed by atoms with van der Waals surface area (Å²) in [6.07, 6.45) is 0.505. The van der Waals surface area contributed by atoms with Gasteiger partial charge >= 0.3 is 5.51 Å². The van der Waals surface area contributed by atoms with Crippen molar-refractivity contribution in [3.63, 3.8) is 0 Å². The second-order valence-electron chi connectivity index (χ2n) is 4.05. The highest BCUT2D eigenvalue weighted by Crippen LogP contribution is 2.30. The lowest BCUT2D eigenvalue weighted by Crippen LogP contribution is -2.10. The maximum Gasteiger partial charge on any atom is 0.441 e. The lowest BCUT2D eigenvalue weighted by molar-refractivity contribution is -0.0328. The second kappa shape index (κ2) is 6.45. The van der Waals surface area contributed by atoms with E-state index in [0.717, 1.165) is 5.52 Å². The van der Waals surface area contributed by atoms with E-state index in [9.17, 15) is 13.2 Å². The van der Waals surface area contributed by atoms with Crippen molar-refractivity contribution in [2.45, 2.75) is 18.5 Å². The Hall–Kier alpha value is -0.590. The minimum Gasteiger partial charge on any atom is -0.327 e. The van der Waals surface area contributed by atoms with Gasteiger partial charge in [-0.2, -0.15) is 13.2 Å². The molecule has 0 aliphatic rings. The molecule has 0 aliphatic heterocycles. The Kier molecular flexibility index (Phi) is 5.09. The van der Waals surface area contributed by atoms with E-state index in [2.05, 4.69) is 4.98 Å². The van der Waals surface area contributed by atoms with E-state index < -0.39 is 5.51 Å². The molecule has 0 saturated carbocycles. The molecule has 0 amide bonds. The van der Waals surface area contributed by atoms with Crippen molar-refractivity contribution in [3.05, 3.63) is 29.0 Å². The van der Waals surface area contributed by atoms with Gasteiger partial charge in [0, 0.05) is 29.6 Å². The van der Waals surface area contributed by atoms with Crippen LogP contribution in [0, 0.1) is 0 Å². The summed E-state index contributed by atoms with van der Waals surface area (Å²) in [7, 11) is 0. The predicted octanol–water partition coefficient (Wildman–Crippen LogP) is 4.72. The molecule has 0 unspecified atom stereocenters. The molecule has 0 N–H and O–H groups in total. The van der Waals surface area contributed by atoms with Crippen LogP contribution in [0.25, 0.3) is 11.0 Å². The van der Waals surface area contributed by atoms with Gasteiger partial charge in [0.05, 0.1) is 11.0 Å². The Bertz CT molecular complexity index is 598. The van der Waals surface area contributed by atoms with Crippen molar-refractivity contribution in [3.8, 4) is 0 Å². The highest BCUT2D eigenvalue weighted by molar-refractivity contribution is 8.00. The summed E-state index contributed by atoms with van der Waals surface area (Å²) in [5, 5.41) is 0.527. The predicted molar refractivity (Wildman–Crippen MR) is 77.7 cm³/mol. The van der Waals surface area contributed by atoms with E-state index in [0.29, 0.717) is 28.7 Å². The molecule has 1 aromatic heterocycles. The number of imidazole rings is 1. The smallest absolute Gasteiger partial charge is 0.327 e. The molecule has 2 aromatic rings. The van der Waals surface area contributed by atoms with Gasteiger partial charge in [-0.15, -0.1) is 11.6 Å². The minimum atomic E-state index is -4.22. The SMILES string of the molecule is FC(F)(F)SCCn1c(CCCl)nc2ccc(Cl)cc21. The van der Waals surface area contributed by atoms with E-state index in [1.165, 1.54) is 0 Å². The maximum absolute atomic E-state index is 12.2. The van der Waals surface area contributed by atoms with Gasteiger partial charge in [0.1, 0.15) is 5.82 Å².